The van der Waals surface area contributed by atoms with Gasteiger partial charge in [0.05, 0.1) is 0 Å². The highest BCUT2D eigenvalue weighted by Crippen LogP contribution is 2.07. The van der Waals surface area contributed by atoms with Crippen LogP contribution in [0.15, 0.2) is 0 Å². The summed E-state index contributed by atoms with van der Waals surface area (Å²) in [6.07, 6.45) is 5.13. The van der Waals surface area contributed by atoms with E-state index in [1.165, 1.54) is 101 Å². The predicted molar refractivity (Wildman–Crippen MR) is 137 cm³/mol. The first-order valence-corrected chi connectivity index (χ1v) is 14.7. The topological polar surface area (TPSA) is 54.6 Å². The monoisotopic (exact) mass is 460 g/mol. The average Bonchev–Trinajstić information content (AvgIpc) is 2.76. The van der Waals surface area contributed by atoms with Gasteiger partial charge in [0.1, 0.15) is 0 Å². The molecule has 2 aliphatic heterocycles. The van der Waals surface area contributed by atoms with Gasteiger partial charge in [-0.15, -0.1) is 0 Å². The van der Waals surface area contributed by atoms with Crippen molar-refractivity contribution in [1.29, 1.82) is 0 Å². The molecule has 4 N–H and O–H groups in total. The summed E-state index contributed by atoms with van der Waals surface area (Å²) >= 11 is 4.24. The van der Waals surface area contributed by atoms with Gasteiger partial charge in [0.15, 0.2) is 0 Å². The zero-order valence-electron chi connectivity index (χ0n) is 19.3. The van der Waals surface area contributed by atoms with Gasteiger partial charge in [-0.3, -0.25) is 0 Å². The van der Waals surface area contributed by atoms with Crippen LogP contribution in [0.4, 0.5) is 0 Å². The van der Waals surface area contributed by atoms with Crippen molar-refractivity contribution in [2.45, 2.75) is 25.7 Å². The lowest BCUT2D eigenvalue weighted by Gasteiger charge is -2.28. The molecule has 0 amide bonds. The summed E-state index contributed by atoms with van der Waals surface area (Å²) in [5.74, 6) is 5.13. The van der Waals surface area contributed by atoms with Gasteiger partial charge in [-0.2, -0.15) is 23.5 Å². The van der Waals surface area contributed by atoms with Crippen molar-refractivity contribution in [3.05, 3.63) is 0 Å². The van der Waals surface area contributed by atoms with Gasteiger partial charge in [-0.05, 0) is 76.5 Å². The molecule has 6 nitrogen and oxygen atoms in total. The van der Waals surface area contributed by atoms with Crippen LogP contribution >= 0.6 is 23.5 Å². The molecule has 0 spiro atoms. The lowest BCUT2D eigenvalue weighted by molar-refractivity contribution is 0.202. The van der Waals surface area contributed by atoms with E-state index >= 15 is 0 Å². The molecule has 0 aromatic heterocycles. The maximum atomic E-state index is 3.64. The largest absolute Gasteiger partial charge is 0.315 e. The summed E-state index contributed by atoms with van der Waals surface area (Å²) in [7, 11) is 0. The van der Waals surface area contributed by atoms with Crippen LogP contribution in [0.25, 0.3) is 0 Å². The van der Waals surface area contributed by atoms with Gasteiger partial charge in [-0.25, -0.2) is 0 Å². The van der Waals surface area contributed by atoms with E-state index in [0.717, 1.165) is 39.3 Å². The smallest absolute Gasteiger partial charge is 0.0110 e. The van der Waals surface area contributed by atoms with Crippen molar-refractivity contribution in [2.75, 3.05) is 115 Å². The Morgan fingerprint density at radius 1 is 0.433 bits per heavy atom. The Morgan fingerprint density at radius 2 is 0.933 bits per heavy atom. The predicted octanol–water partition coefficient (Wildman–Crippen LogP) is 1.00. The maximum Gasteiger partial charge on any atom is 0.0110 e. The molecule has 2 saturated heterocycles. The molecule has 0 saturated carbocycles. The van der Waals surface area contributed by atoms with E-state index in [1.807, 2.05) is 0 Å². The minimum Gasteiger partial charge on any atom is -0.315 e. The summed E-state index contributed by atoms with van der Waals surface area (Å²) in [5.41, 5.74) is 0. The third-order valence-corrected chi connectivity index (χ3v) is 7.86. The van der Waals surface area contributed by atoms with Crippen molar-refractivity contribution in [2.24, 2.45) is 0 Å². The fraction of sp³-hybridized carbons (Fsp3) is 1.00. The number of hydrogen-bond donors (Lipinski definition) is 4. The second kappa shape index (κ2) is 20.1. The van der Waals surface area contributed by atoms with Gasteiger partial charge in [0.2, 0.25) is 0 Å². The molecule has 0 radical (unpaired) electrons. The first kappa shape index (κ1) is 26.7. The molecule has 178 valence electrons. The van der Waals surface area contributed by atoms with Crippen molar-refractivity contribution in [3.63, 3.8) is 0 Å². The first-order valence-electron chi connectivity index (χ1n) is 12.4. The molecule has 0 unspecified atom stereocenters. The fourth-order valence-corrected chi connectivity index (χ4v) is 5.56. The molecule has 0 bridgehead atoms. The normalized spacial score (nSPS) is 25.2. The Labute approximate surface area is 194 Å². The zero-order valence-corrected chi connectivity index (χ0v) is 20.9. The quantitative estimate of drug-likeness (QED) is 0.498. The maximum absolute atomic E-state index is 3.64. The Hall–Kier alpha value is 0.460. The molecule has 0 atom stereocenters. The Balaban J connectivity index is 1.71. The molecule has 2 aliphatic rings. The standard InChI is InChI=1S/C22H48N6S2/c1-5-23-8-9-24-7-2-13-28(16-10-25-6-1)18-17-27-14-3-19-29-21-11-26-12-22-30-20-4-15-27/h23-26H,1-22H2. The molecule has 2 fully saturated rings. The number of nitrogens with one attached hydrogen (secondary N) is 4. The highest BCUT2D eigenvalue weighted by atomic mass is 32.2. The van der Waals surface area contributed by atoms with E-state index in [4.69, 9.17) is 0 Å². The van der Waals surface area contributed by atoms with E-state index in [-0.39, 0.29) is 0 Å². The van der Waals surface area contributed by atoms with Gasteiger partial charge in [0, 0.05) is 63.9 Å². The van der Waals surface area contributed by atoms with Gasteiger partial charge >= 0.3 is 0 Å². The zero-order chi connectivity index (χ0) is 21.0. The highest BCUT2D eigenvalue weighted by Gasteiger charge is 2.10. The van der Waals surface area contributed by atoms with E-state index < -0.39 is 0 Å². The molecule has 2 heterocycles. The average molecular weight is 461 g/mol. The van der Waals surface area contributed by atoms with E-state index in [0.29, 0.717) is 0 Å². The van der Waals surface area contributed by atoms with Gasteiger partial charge in [0.25, 0.3) is 0 Å². The van der Waals surface area contributed by atoms with Crippen LogP contribution in [0.1, 0.15) is 25.7 Å². The lowest BCUT2D eigenvalue weighted by atomic mass is 10.3. The molecule has 0 aromatic rings. The highest BCUT2D eigenvalue weighted by molar-refractivity contribution is 7.99. The Bertz CT molecular complexity index is 316. The number of rotatable bonds is 3. The van der Waals surface area contributed by atoms with Crippen LogP contribution in [-0.4, -0.2) is 124 Å². The number of hydrogen-bond acceptors (Lipinski definition) is 8. The minimum absolute atomic E-state index is 1.09. The molecular formula is C22H48N6S2. The molecular weight excluding hydrogens is 412 g/mol. The number of thioether (sulfide) groups is 2. The molecule has 30 heavy (non-hydrogen) atoms. The van der Waals surface area contributed by atoms with Gasteiger partial charge < -0.3 is 31.1 Å². The summed E-state index contributed by atoms with van der Waals surface area (Å²) in [6, 6.07) is 0. The van der Waals surface area contributed by atoms with Crippen LogP contribution in [0.3, 0.4) is 0 Å². The summed E-state index contributed by atoms with van der Waals surface area (Å²) < 4.78 is 0. The van der Waals surface area contributed by atoms with E-state index in [2.05, 4.69) is 54.6 Å². The molecule has 8 heteroatoms. The van der Waals surface area contributed by atoms with Crippen LogP contribution < -0.4 is 21.3 Å². The lowest BCUT2D eigenvalue weighted by Crippen LogP contribution is -2.41. The van der Waals surface area contributed by atoms with Crippen molar-refractivity contribution >= 4 is 23.5 Å². The molecule has 0 aliphatic carbocycles. The van der Waals surface area contributed by atoms with Crippen LogP contribution in [0.5, 0.6) is 0 Å². The van der Waals surface area contributed by atoms with Crippen molar-refractivity contribution < 1.29 is 0 Å². The second-order valence-corrected chi connectivity index (χ2v) is 10.8. The van der Waals surface area contributed by atoms with Crippen LogP contribution in [-0.2, 0) is 0 Å². The third kappa shape index (κ3) is 15.3. The first-order chi connectivity index (χ1) is 14.9. The second-order valence-electron chi connectivity index (χ2n) is 8.32. The van der Waals surface area contributed by atoms with E-state index in [9.17, 15) is 0 Å². The fourth-order valence-electron chi connectivity index (χ4n) is 3.91. The van der Waals surface area contributed by atoms with Crippen LogP contribution in [0.2, 0.25) is 0 Å². The summed E-state index contributed by atoms with van der Waals surface area (Å²) in [4.78, 5) is 5.44. The SMILES string of the molecule is C1CNCCNCCCN(CCN2CCCSCCNCCSCCC2)CCNC1. The molecule has 2 rings (SSSR count). The molecule has 0 aromatic carbocycles. The Morgan fingerprint density at radius 3 is 1.60 bits per heavy atom. The number of nitrogens with zero attached hydrogens (tertiary/aromatic N) is 2. The van der Waals surface area contributed by atoms with Crippen molar-refractivity contribution in [3.8, 4) is 0 Å². The van der Waals surface area contributed by atoms with E-state index in [1.54, 1.807) is 0 Å². The minimum atomic E-state index is 1.09. The third-order valence-electron chi connectivity index (χ3n) is 5.72. The van der Waals surface area contributed by atoms with Gasteiger partial charge in [-0.1, -0.05) is 0 Å². The Kier molecular flexibility index (Phi) is 17.9. The summed E-state index contributed by atoms with van der Waals surface area (Å²) in [5, 5.41) is 14.3. The summed E-state index contributed by atoms with van der Waals surface area (Å²) in [6.45, 7) is 16.4. The van der Waals surface area contributed by atoms with Crippen molar-refractivity contribution in [1.82, 2.24) is 31.1 Å². The van der Waals surface area contributed by atoms with Crippen LogP contribution in [0, 0.1) is 0 Å².